The zero-order valence-corrected chi connectivity index (χ0v) is 28.9. The number of rotatable bonds is 4. The second-order valence-electron chi connectivity index (χ2n) is 14.0. The molecule has 0 N–H and O–H groups in total. The SMILES string of the molecule is c1ccc(-c2ccc3ccccc3c2)c(-c2ccc(-c3c4ccccc4c(-c4cccc5c4oc4ccc6ccccc6c45)c4ccccc34)cc2)c1. The molecule has 1 heteroatoms. The van der Waals surface area contributed by atoms with Crippen molar-refractivity contribution in [1.82, 2.24) is 0 Å². The number of fused-ring (bicyclic) bond motifs is 8. The molecule has 0 amide bonds. The molecule has 10 aromatic carbocycles. The molecule has 0 aliphatic heterocycles. The lowest BCUT2D eigenvalue weighted by molar-refractivity contribution is 0.670. The maximum absolute atomic E-state index is 6.78. The third-order valence-electron chi connectivity index (χ3n) is 11.1. The zero-order valence-electron chi connectivity index (χ0n) is 28.9. The quantitative estimate of drug-likeness (QED) is 0.170. The zero-order chi connectivity index (χ0) is 34.9. The normalized spacial score (nSPS) is 11.8. The topological polar surface area (TPSA) is 13.1 Å². The van der Waals surface area contributed by atoms with Crippen LogP contribution in [-0.4, -0.2) is 0 Å². The fourth-order valence-electron chi connectivity index (χ4n) is 8.65. The standard InChI is InChI=1S/C52H32O/c1-2-14-37-32-38(29-24-33(37)12-1)40-16-6-5-15-39(40)35-25-27-36(28-26-35)49-42-18-7-9-20-44(42)50(45-21-10-8-19-43(45)49)46-22-11-23-47-51-41-17-4-3-13-34(41)30-31-48(51)53-52(46)47/h1-32H. The van der Waals surface area contributed by atoms with Crippen LogP contribution in [0.4, 0.5) is 0 Å². The van der Waals surface area contributed by atoms with Crippen LogP contribution in [0.5, 0.6) is 0 Å². The Morgan fingerprint density at radius 1 is 0.283 bits per heavy atom. The van der Waals surface area contributed by atoms with Crippen LogP contribution in [0.15, 0.2) is 199 Å². The summed E-state index contributed by atoms with van der Waals surface area (Å²) in [6, 6.07) is 70.4. The van der Waals surface area contributed by atoms with Crippen LogP contribution in [0.25, 0.3) is 110 Å². The van der Waals surface area contributed by atoms with Crippen molar-refractivity contribution >= 4 is 65.0 Å². The molecule has 11 aromatic rings. The molecule has 0 spiro atoms. The summed E-state index contributed by atoms with van der Waals surface area (Å²) in [6.45, 7) is 0. The molecule has 0 aliphatic carbocycles. The molecular weight excluding hydrogens is 641 g/mol. The highest BCUT2D eigenvalue weighted by atomic mass is 16.3. The number of hydrogen-bond donors (Lipinski definition) is 0. The molecule has 0 unspecified atom stereocenters. The molecule has 1 aromatic heterocycles. The number of hydrogen-bond acceptors (Lipinski definition) is 1. The molecule has 0 atom stereocenters. The van der Waals surface area contributed by atoms with Gasteiger partial charge in [-0.3, -0.25) is 0 Å². The van der Waals surface area contributed by atoms with Gasteiger partial charge in [0.05, 0.1) is 0 Å². The van der Waals surface area contributed by atoms with Gasteiger partial charge in [-0.2, -0.15) is 0 Å². The van der Waals surface area contributed by atoms with E-state index in [0.29, 0.717) is 0 Å². The molecule has 1 heterocycles. The lowest BCUT2D eigenvalue weighted by Gasteiger charge is -2.18. The molecule has 0 radical (unpaired) electrons. The van der Waals surface area contributed by atoms with Crippen LogP contribution < -0.4 is 0 Å². The van der Waals surface area contributed by atoms with Crippen molar-refractivity contribution < 1.29 is 4.42 Å². The molecule has 0 fully saturated rings. The van der Waals surface area contributed by atoms with Gasteiger partial charge < -0.3 is 4.42 Å². The lowest BCUT2D eigenvalue weighted by atomic mass is 9.85. The van der Waals surface area contributed by atoms with Gasteiger partial charge in [0.1, 0.15) is 11.2 Å². The third kappa shape index (κ3) is 4.64. The summed E-state index contributed by atoms with van der Waals surface area (Å²) in [5, 5.41) is 12.1. The molecule has 0 bridgehead atoms. The Morgan fingerprint density at radius 2 is 0.774 bits per heavy atom. The van der Waals surface area contributed by atoms with Crippen LogP contribution in [0.2, 0.25) is 0 Å². The summed E-state index contributed by atoms with van der Waals surface area (Å²) in [5.41, 5.74) is 11.5. The van der Waals surface area contributed by atoms with Crippen LogP contribution in [0.3, 0.4) is 0 Å². The first-order chi connectivity index (χ1) is 26.3. The van der Waals surface area contributed by atoms with Crippen molar-refractivity contribution in [3.05, 3.63) is 194 Å². The van der Waals surface area contributed by atoms with E-state index in [0.717, 1.165) is 22.1 Å². The number of para-hydroxylation sites is 1. The van der Waals surface area contributed by atoms with Gasteiger partial charge in [0.15, 0.2) is 0 Å². The molecule has 0 saturated carbocycles. The highest BCUT2D eigenvalue weighted by molar-refractivity contribution is 6.26. The number of furan rings is 1. The maximum atomic E-state index is 6.78. The van der Waals surface area contributed by atoms with Crippen molar-refractivity contribution in [2.24, 2.45) is 0 Å². The fourth-order valence-corrected chi connectivity index (χ4v) is 8.65. The Hall–Kier alpha value is -6.96. The predicted octanol–water partition coefficient (Wildman–Crippen LogP) is 14.9. The first-order valence-electron chi connectivity index (χ1n) is 18.3. The van der Waals surface area contributed by atoms with E-state index < -0.39 is 0 Å². The molecule has 53 heavy (non-hydrogen) atoms. The average molecular weight is 673 g/mol. The van der Waals surface area contributed by atoms with Gasteiger partial charge in [0, 0.05) is 21.9 Å². The van der Waals surface area contributed by atoms with E-state index in [-0.39, 0.29) is 0 Å². The third-order valence-corrected chi connectivity index (χ3v) is 11.1. The summed E-state index contributed by atoms with van der Waals surface area (Å²) in [7, 11) is 0. The smallest absolute Gasteiger partial charge is 0.143 e. The lowest BCUT2D eigenvalue weighted by Crippen LogP contribution is -1.91. The van der Waals surface area contributed by atoms with Crippen molar-refractivity contribution in [1.29, 1.82) is 0 Å². The minimum Gasteiger partial charge on any atom is -0.455 e. The molecule has 11 rings (SSSR count). The van der Waals surface area contributed by atoms with E-state index in [1.54, 1.807) is 0 Å². The van der Waals surface area contributed by atoms with E-state index in [1.807, 2.05) is 0 Å². The van der Waals surface area contributed by atoms with Crippen molar-refractivity contribution in [2.45, 2.75) is 0 Å². The fraction of sp³-hybridized carbons (Fsp3) is 0. The summed E-state index contributed by atoms with van der Waals surface area (Å²) < 4.78 is 6.78. The highest BCUT2D eigenvalue weighted by Crippen LogP contribution is 2.47. The molecular formula is C52H32O. The van der Waals surface area contributed by atoms with Gasteiger partial charge in [-0.05, 0) is 88.6 Å². The first-order valence-corrected chi connectivity index (χ1v) is 18.3. The van der Waals surface area contributed by atoms with Crippen molar-refractivity contribution in [3.63, 3.8) is 0 Å². The largest absolute Gasteiger partial charge is 0.455 e. The second kappa shape index (κ2) is 11.8. The summed E-state index contributed by atoms with van der Waals surface area (Å²) in [6.07, 6.45) is 0. The first kappa shape index (κ1) is 29.7. The molecule has 1 nitrogen and oxygen atoms in total. The van der Waals surface area contributed by atoms with Gasteiger partial charge in [0.25, 0.3) is 0 Å². The Morgan fingerprint density at radius 3 is 1.49 bits per heavy atom. The monoisotopic (exact) mass is 672 g/mol. The summed E-state index contributed by atoms with van der Waals surface area (Å²) >= 11 is 0. The van der Waals surface area contributed by atoms with E-state index >= 15 is 0 Å². The van der Waals surface area contributed by atoms with E-state index in [9.17, 15) is 0 Å². The van der Waals surface area contributed by atoms with E-state index in [4.69, 9.17) is 4.42 Å². The van der Waals surface area contributed by atoms with E-state index in [1.165, 1.54) is 87.4 Å². The Kier molecular flexibility index (Phi) is 6.62. The second-order valence-corrected chi connectivity index (χ2v) is 14.0. The van der Waals surface area contributed by atoms with Gasteiger partial charge in [-0.1, -0.05) is 182 Å². The Labute approximate surface area is 307 Å². The highest BCUT2D eigenvalue weighted by Gasteiger charge is 2.21. The van der Waals surface area contributed by atoms with Gasteiger partial charge in [0.2, 0.25) is 0 Å². The Balaban J connectivity index is 1.10. The van der Waals surface area contributed by atoms with Crippen molar-refractivity contribution in [3.8, 4) is 44.5 Å². The summed E-state index contributed by atoms with van der Waals surface area (Å²) in [5.74, 6) is 0. The molecule has 0 aliphatic rings. The minimum absolute atomic E-state index is 0.915. The van der Waals surface area contributed by atoms with Gasteiger partial charge in [-0.25, -0.2) is 0 Å². The molecule has 246 valence electrons. The number of benzene rings is 10. The van der Waals surface area contributed by atoms with Gasteiger partial charge >= 0.3 is 0 Å². The van der Waals surface area contributed by atoms with Crippen molar-refractivity contribution in [2.75, 3.05) is 0 Å². The van der Waals surface area contributed by atoms with Crippen LogP contribution in [0.1, 0.15) is 0 Å². The van der Waals surface area contributed by atoms with Crippen LogP contribution in [0, 0.1) is 0 Å². The van der Waals surface area contributed by atoms with E-state index in [2.05, 4.69) is 194 Å². The summed E-state index contributed by atoms with van der Waals surface area (Å²) in [4.78, 5) is 0. The predicted molar refractivity (Wildman–Crippen MR) is 225 cm³/mol. The Bertz CT molecular complexity index is 3160. The van der Waals surface area contributed by atoms with Crippen LogP contribution in [-0.2, 0) is 0 Å². The average Bonchev–Trinajstić information content (AvgIpc) is 3.63. The minimum atomic E-state index is 0.915. The van der Waals surface area contributed by atoms with Gasteiger partial charge in [-0.15, -0.1) is 0 Å². The maximum Gasteiger partial charge on any atom is 0.143 e. The van der Waals surface area contributed by atoms with Crippen LogP contribution >= 0.6 is 0 Å². The molecule has 0 saturated heterocycles.